The van der Waals surface area contributed by atoms with Crippen LogP contribution in [0.5, 0.6) is 0 Å². The molecular weight excluding hydrogens is 262 g/mol. The number of aromatic nitrogens is 1. The minimum Gasteiger partial charge on any atom is -0.478 e. The van der Waals surface area contributed by atoms with Gasteiger partial charge in [0.15, 0.2) is 0 Å². The highest BCUT2D eigenvalue weighted by atomic mass is 35.5. The van der Waals surface area contributed by atoms with Crippen molar-refractivity contribution in [1.82, 2.24) is 4.57 Å². The number of fused-ring (bicyclic) bond motifs is 1. The first-order valence-corrected chi connectivity index (χ1v) is 6.48. The first-order chi connectivity index (χ1) is 8.95. The summed E-state index contributed by atoms with van der Waals surface area (Å²) in [5, 5.41) is 10.0. The number of rotatable bonds is 3. The van der Waals surface area contributed by atoms with E-state index < -0.39 is 5.97 Å². The SMILES string of the molecule is C/C(=C/Cl)Cn1c(C)c(C)c2cc(C(=O)O)ccc21. The summed E-state index contributed by atoms with van der Waals surface area (Å²) in [4.78, 5) is 11.0. The van der Waals surface area contributed by atoms with Gasteiger partial charge in [-0.05, 0) is 50.1 Å². The molecule has 2 aromatic rings. The molecule has 0 aliphatic rings. The summed E-state index contributed by atoms with van der Waals surface area (Å²) in [5.41, 5.74) is 6.24. The smallest absolute Gasteiger partial charge is 0.335 e. The second-order valence-corrected chi connectivity index (χ2v) is 5.01. The van der Waals surface area contributed by atoms with E-state index in [-0.39, 0.29) is 0 Å². The van der Waals surface area contributed by atoms with Crippen molar-refractivity contribution in [3.05, 3.63) is 46.1 Å². The lowest BCUT2D eigenvalue weighted by Gasteiger charge is -2.08. The fourth-order valence-electron chi connectivity index (χ4n) is 2.27. The standard InChI is InChI=1S/C15H16ClNO2/c1-9(7-16)8-17-11(3)10(2)13-6-12(15(18)19)4-5-14(13)17/h4-7H,8H2,1-3H3,(H,18,19)/b9-7-. The molecule has 0 unspecified atom stereocenters. The monoisotopic (exact) mass is 277 g/mol. The van der Waals surface area contributed by atoms with Crippen LogP contribution in [-0.4, -0.2) is 15.6 Å². The van der Waals surface area contributed by atoms with Crippen molar-refractivity contribution in [2.45, 2.75) is 27.3 Å². The molecule has 0 aliphatic heterocycles. The zero-order valence-corrected chi connectivity index (χ0v) is 12.0. The quantitative estimate of drug-likeness (QED) is 0.918. The van der Waals surface area contributed by atoms with E-state index in [1.807, 2.05) is 26.8 Å². The molecule has 19 heavy (non-hydrogen) atoms. The summed E-state index contributed by atoms with van der Waals surface area (Å²) in [7, 11) is 0. The van der Waals surface area contributed by atoms with Crippen molar-refractivity contribution in [2.75, 3.05) is 0 Å². The Morgan fingerprint density at radius 3 is 2.68 bits per heavy atom. The Kier molecular flexibility index (Phi) is 3.67. The second kappa shape index (κ2) is 5.10. The highest BCUT2D eigenvalue weighted by Gasteiger charge is 2.13. The lowest BCUT2D eigenvalue weighted by Crippen LogP contribution is -2.01. The molecule has 0 atom stereocenters. The zero-order chi connectivity index (χ0) is 14.2. The highest BCUT2D eigenvalue weighted by molar-refractivity contribution is 6.25. The number of hydrogen-bond acceptors (Lipinski definition) is 1. The molecule has 1 aromatic carbocycles. The summed E-state index contributed by atoms with van der Waals surface area (Å²) < 4.78 is 2.16. The van der Waals surface area contributed by atoms with E-state index in [4.69, 9.17) is 16.7 Å². The third-order valence-electron chi connectivity index (χ3n) is 3.48. The maximum atomic E-state index is 11.0. The van der Waals surface area contributed by atoms with Gasteiger partial charge in [0.2, 0.25) is 0 Å². The number of allylic oxidation sites excluding steroid dienone is 1. The van der Waals surface area contributed by atoms with E-state index in [1.54, 1.807) is 17.7 Å². The molecule has 0 radical (unpaired) electrons. The molecule has 0 saturated heterocycles. The third kappa shape index (κ3) is 2.38. The van der Waals surface area contributed by atoms with Crippen LogP contribution >= 0.6 is 11.6 Å². The Morgan fingerprint density at radius 2 is 2.11 bits per heavy atom. The molecular formula is C15H16ClNO2. The largest absolute Gasteiger partial charge is 0.478 e. The molecule has 0 spiro atoms. The molecule has 0 aliphatic carbocycles. The van der Waals surface area contributed by atoms with Gasteiger partial charge in [-0.25, -0.2) is 4.79 Å². The minimum absolute atomic E-state index is 0.317. The van der Waals surface area contributed by atoms with E-state index in [0.717, 1.165) is 27.7 Å². The van der Waals surface area contributed by atoms with Crippen molar-refractivity contribution >= 4 is 28.5 Å². The van der Waals surface area contributed by atoms with Crippen molar-refractivity contribution in [3.8, 4) is 0 Å². The fourth-order valence-corrected chi connectivity index (χ4v) is 2.34. The van der Waals surface area contributed by atoms with Gasteiger partial charge in [0.1, 0.15) is 0 Å². The van der Waals surface area contributed by atoms with Crippen molar-refractivity contribution < 1.29 is 9.90 Å². The van der Waals surface area contributed by atoms with Crippen LogP contribution in [-0.2, 0) is 6.54 Å². The van der Waals surface area contributed by atoms with Crippen LogP contribution in [0.25, 0.3) is 10.9 Å². The predicted octanol–water partition coefficient (Wildman–Crippen LogP) is 4.10. The normalized spacial score (nSPS) is 12.1. The van der Waals surface area contributed by atoms with E-state index in [9.17, 15) is 4.79 Å². The van der Waals surface area contributed by atoms with E-state index in [0.29, 0.717) is 12.1 Å². The first-order valence-electron chi connectivity index (χ1n) is 6.04. The number of aromatic carboxylic acids is 1. The van der Waals surface area contributed by atoms with Gasteiger partial charge in [-0.2, -0.15) is 0 Å². The average Bonchev–Trinajstić information content (AvgIpc) is 2.63. The van der Waals surface area contributed by atoms with Crippen LogP contribution < -0.4 is 0 Å². The molecule has 1 heterocycles. The van der Waals surface area contributed by atoms with Crippen LogP contribution in [0.2, 0.25) is 0 Å². The topological polar surface area (TPSA) is 42.2 Å². The van der Waals surface area contributed by atoms with Gasteiger partial charge in [-0.15, -0.1) is 0 Å². The van der Waals surface area contributed by atoms with Crippen LogP contribution in [0.15, 0.2) is 29.3 Å². The van der Waals surface area contributed by atoms with Gasteiger partial charge in [0, 0.05) is 28.7 Å². The van der Waals surface area contributed by atoms with Crippen molar-refractivity contribution in [2.24, 2.45) is 0 Å². The third-order valence-corrected chi connectivity index (χ3v) is 3.85. The lowest BCUT2D eigenvalue weighted by molar-refractivity contribution is 0.0697. The van der Waals surface area contributed by atoms with Gasteiger partial charge >= 0.3 is 5.97 Å². The van der Waals surface area contributed by atoms with Gasteiger partial charge in [0.05, 0.1) is 5.56 Å². The van der Waals surface area contributed by atoms with Crippen molar-refractivity contribution in [1.29, 1.82) is 0 Å². The molecule has 1 N–H and O–H groups in total. The van der Waals surface area contributed by atoms with Crippen molar-refractivity contribution in [3.63, 3.8) is 0 Å². The predicted molar refractivity (Wildman–Crippen MR) is 78.0 cm³/mol. The number of hydrogen-bond donors (Lipinski definition) is 1. The Labute approximate surface area is 117 Å². The van der Waals surface area contributed by atoms with Crippen LogP contribution in [0, 0.1) is 13.8 Å². The van der Waals surface area contributed by atoms with Gasteiger partial charge in [0.25, 0.3) is 0 Å². The van der Waals surface area contributed by atoms with E-state index >= 15 is 0 Å². The Hall–Kier alpha value is -1.74. The average molecular weight is 278 g/mol. The number of carbonyl (C=O) groups is 1. The molecule has 4 heteroatoms. The van der Waals surface area contributed by atoms with E-state index in [2.05, 4.69) is 4.57 Å². The molecule has 2 rings (SSSR count). The van der Waals surface area contributed by atoms with Gasteiger partial charge in [-0.1, -0.05) is 11.6 Å². The molecule has 0 saturated carbocycles. The number of benzene rings is 1. The molecule has 0 fully saturated rings. The van der Waals surface area contributed by atoms with E-state index in [1.165, 1.54) is 0 Å². The molecule has 0 amide bonds. The van der Waals surface area contributed by atoms with Crippen LogP contribution in [0.4, 0.5) is 0 Å². The summed E-state index contributed by atoms with van der Waals surface area (Å²) in [6.45, 7) is 6.74. The maximum absolute atomic E-state index is 11.0. The summed E-state index contributed by atoms with van der Waals surface area (Å²) >= 11 is 5.73. The molecule has 0 bridgehead atoms. The fraction of sp³-hybridized carbons (Fsp3) is 0.267. The Bertz CT molecular complexity index is 683. The lowest BCUT2D eigenvalue weighted by atomic mass is 10.1. The Balaban J connectivity index is 2.66. The summed E-state index contributed by atoms with van der Waals surface area (Å²) in [5.74, 6) is -0.900. The van der Waals surface area contributed by atoms with Gasteiger partial charge in [-0.3, -0.25) is 0 Å². The maximum Gasteiger partial charge on any atom is 0.335 e. The number of nitrogens with zero attached hydrogens (tertiary/aromatic N) is 1. The number of aryl methyl sites for hydroxylation is 1. The van der Waals surface area contributed by atoms with Crippen LogP contribution in [0.3, 0.4) is 0 Å². The van der Waals surface area contributed by atoms with Gasteiger partial charge < -0.3 is 9.67 Å². The zero-order valence-electron chi connectivity index (χ0n) is 11.2. The number of halogens is 1. The first kappa shape index (κ1) is 13.7. The Morgan fingerprint density at radius 1 is 1.42 bits per heavy atom. The molecule has 1 aromatic heterocycles. The summed E-state index contributed by atoms with van der Waals surface area (Å²) in [6, 6.07) is 5.23. The minimum atomic E-state index is -0.900. The van der Waals surface area contributed by atoms with Crippen LogP contribution in [0.1, 0.15) is 28.5 Å². The highest BCUT2D eigenvalue weighted by Crippen LogP contribution is 2.27. The molecule has 3 nitrogen and oxygen atoms in total. The second-order valence-electron chi connectivity index (χ2n) is 4.79. The molecule has 100 valence electrons. The number of carboxylic acid groups (broad SMARTS) is 1. The summed E-state index contributed by atoms with van der Waals surface area (Å²) in [6.07, 6.45) is 0. The number of carboxylic acids is 1.